The average Bonchev–Trinajstić information content (AvgIpc) is 2.30. The molecule has 4 heteroatoms. The van der Waals surface area contributed by atoms with Gasteiger partial charge in [-0.1, -0.05) is 48.0 Å². The second-order valence-electron chi connectivity index (χ2n) is 3.08. The minimum atomic E-state index is -0.800. The molecule has 2 aromatic rings. The summed E-state index contributed by atoms with van der Waals surface area (Å²) in [7, 11) is 0. The number of hydrogen-bond donors (Lipinski definition) is 0. The first-order valence-electron chi connectivity index (χ1n) is 4.69. The third-order valence-corrected chi connectivity index (χ3v) is 2.22. The maximum atomic E-state index is 11.1. The van der Waals surface area contributed by atoms with Crippen LogP contribution in [0.1, 0.15) is 0 Å². The van der Waals surface area contributed by atoms with Crippen LogP contribution >= 0.6 is 11.6 Å². The zero-order chi connectivity index (χ0) is 11.4. The number of hydrogen-bond acceptors (Lipinski definition) is 3. The molecule has 0 aliphatic rings. The van der Waals surface area contributed by atoms with Gasteiger partial charge in [0.15, 0.2) is 6.07 Å². The van der Waals surface area contributed by atoms with Gasteiger partial charge in [-0.05, 0) is 11.5 Å². The Balaban J connectivity index is 2.33. The van der Waals surface area contributed by atoms with E-state index in [-0.39, 0.29) is 6.07 Å². The Kier molecular flexibility index (Phi) is 3.27. The molecule has 0 spiro atoms. The van der Waals surface area contributed by atoms with Gasteiger partial charge in [-0.15, -0.1) is 0 Å². The lowest BCUT2D eigenvalue weighted by atomic mass is 10.1. The van der Waals surface area contributed by atoms with Gasteiger partial charge < -0.3 is 9.47 Å². The SMILES string of the molecule is O=C(OCCl)Oc1cccc2ccccc12. The van der Waals surface area contributed by atoms with Crippen molar-refractivity contribution in [3.05, 3.63) is 42.5 Å². The predicted octanol–water partition coefficient (Wildman–Crippen LogP) is 3.55. The van der Waals surface area contributed by atoms with Crippen molar-refractivity contribution in [1.82, 2.24) is 0 Å². The maximum absolute atomic E-state index is 11.1. The molecule has 0 aliphatic carbocycles. The zero-order valence-corrected chi connectivity index (χ0v) is 9.11. The Morgan fingerprint density at radius 1 is 1.12 bits per heavy atom. The third kappa shape index (κ3) is 2.25. The fraction of sp³-hybridized carbons (Fsp3) is 0.0833. The van der Waals surface area contributed by atoms with Crippen LogP contribution in [0.15, 0.2) is 42.5 Å². The number of carbonyl (C=O) groups is 1. The summed E-state index contributed by atoms with van der Waals surface area (Å²) in [6.45, 7) is 0. The van der Waals surface area contributed by atoms with Crippen molar-refractivity contribution in [2.75, 3.05) is 6.07 Å². The van der Waals surface area contributed by atoms with Crippen LogP contribution in [0.25, 0.3) is 10.8 Å². The standard InChI is InChI=1S/C12H9ClO3/c13-8-15-12(14)16-11-7-3-5-9-4-1-2-6-10(9)11/h1-7H,8H2. The van der Waals surface area contributed by atoms with Crippen LogP contribution in [0.3, 0.4) is 0 Å². The Labute approximate surface area is 97.5 Å². The van der Waals surface area contributed by atoms with Gasteiger partial charge in [-0.25, -0.2) is 4.79 Å². The van der Waals surface area contributed by atoms with Crippen LogP contribution < -0.4 is 4.74 Å². The highest BCUT2D eigenvalue weighted by atomic mass is 35.5. The molecule has 0 aromatic heterocycles. The largest absolute Gasteiger partial charge is 0.515 e. The second-order valence-corrected chi connectivity index (χ2v) is 3.30. The highest BCUT2D eigenvalue weighted by Crippen LogP contribution is 2.25. The van der Waals surface area contributed by atoms with E-state index in [1.165, 1.54) is 0 Å². The maximum Gasteiger partial charge on any atom is 0.515 e. The number of alkyl halides is 1. The van der Waals surface area contributed by atoms with Gasteiger partial charge in [-0.3, -0.25) is 0 Å². The molecule has 0 radical (unpaired) electrons. The van der Waals surface area contributed by atoms with E-state index < -0.39 is 6.16 Å². The normalized spacial score (nSPS) is 10.1. The fourth-order valence-electron chi connectivity index (χ4n) is 1.45. The zero-order valence-electron chi connectivity index (χ0n) is 8.35. The van der Waals surface area contributed by atoms with Crippen LogP contribution in [0, 0.1) is 0 Å². The molecule has 0 atom stereocenters. The number of fused-ring (bicyclic) bond motifs is 1. The van der Waals surface area contributed by atoms with Gasteiger partial charge in [-0.2, -0.15) is 0 Å². The van der Waals surface area contributed by atoms with Gasteiger partial charge >= 0.3 is 6.16 Å². The summed E-state index contributed by atoms with van der Waals surface area (Å²) >= 11 is 5.26. The molecule has 0 N–H and O–H groups in total. The molecule has 0 unspecified atom stereocenters. The molecule has 0 heterocycles. The van der Waals surface area contributed by atoms with E-state index in [2.05, 4.69) is 4.74 Å². The predicted molar refractivity (Wildman–Crippen MR) is 61.8 cm³/mol. The van der Waals surface area contributed by atoms with Crippen LogP contribution in [0.4, 0.5) is 4.79 Å². The summed E-state index contributed by atoms with van der Waals surface area (Å²) in [6, 6.07) is 12.8. The summed E-state index contributed by atoms with van der Waals surface area (Å²) in [5.41, 5.74) is 0. The van der Waals surface area contributed by atoms with Crippen molar-refractivity contribution in [3.8, 4) is 5.75 Å². The number of carbonyl (C=O) groups excluding carboxylic acids is 1. The van der Waals surface area contributed by atoms with E-state index in [4.69, 9.17) is 16.3 Å². The molecule has 0 amide bonds. The molecule has 0 aliphatic heterocycles. The topological polar surface area (TPSA) is 35.5 Å². The second kappa shape index (κ2) is 4.86. The molecule has 0 saturated heterocycles. The highest BCUT2D eigenvalue weighted by molar-refractivity contribution is 6.17. The van der Waals surface area contributed by atoms with Crippen LogP contribution in [0.5, 0.6) is 5.75 Å². The van der Waals surface area contributed by atoms with Gasteiger partial charge in [0, 0.05) is 5.39 Å². The van der Waals surface area contributed by atoms with Gasteiger partial charge in [0.1, 0.15) is 5.75 Å². The lowest BCUT2D eigenvalue weighted by molar-refractivity contribution is 0.116. The number of halogens is 1. The van der Waals surface area contributed by atoms with E-state index >= 15 is 0 Å². The monoisotopic (exact) mass is 236 g/mol. The molecule has 0 saturated carbocycles. The number of ether oxygens (including phenoxy) is 2. The molecular formula is C12H9ClO3. The molecule has 0 bridgehead atoms. The number of rotatable bonds is 2. The Morgan fingerprint density at radius 2 is 1.88 bits per heavy atom. The van der Waals surface area contributed by atoms with Crippen molar-refractivity contribution in [2.45, 2.75) is 0 Å². The minimum Gasteiger partial charge on any atom is -0.418 e. The van der Waals surface area contributed by atoms with Gasteiger partial charge in [0.25, 0.3) is 0 Å². The lowest BCUT2D eigenvalue weighted by Gasteiger charge is -2.06. The van der Waals surface area contributed by atoms with E-state index in [9.17, 15) is 4.79 Å². The van der Waals surface area contributed by atoms with Gasteiger partial charge in [0.05, 0.1) is 0 Å². The first-order chi connectivity index (χ1) is 7.81. The van der Waals surface area contributed by atoms with E-state index in [0.29, 0.717) is 5.75 Å². The van der Waals surface area contributed by atoms with Crippen molar-refractivity contribution in [2.24, 2.45) is 0 Å². The summed E-state index contributed by atoms with van der Waals surface area (Å²) < 4.78 is 9.52. The summed E-state index contributed by atoms with van der Waals surface area (Å²) in [5, 5.41) is 1.86. The molecule has 2 aromatic carbocycles. The number of benzene rings is 2. The van der Waals surface area contributed by atoms with Crippen molar-refractivity contribution >= 4 is 28.5 Å². The Morgan fingerprint density at radius 3 is 2.69 bits per heavy atom. The first-order valence-corrected chi connectivity index (χ1v) is 5.23. The minimum absolute atomic E-state index is 0.219. The average molecular weight is 237 g/mol. The summed E-state index contributed by atoms with van der Waals surface area (Å²) in [6.07, 6.45) is -0.800. The quantitative estimate of drug-likeness (QED) is 0.454. The van der Waals surface area contributed by atoms with E-state index in [1.807, 2.05) is 36.4 Å². The summed E-state index contributed by atoms with van der Waals surface area (Å²) in [4.78, 5) is 11.1. The van der Waals surface area contributed by atoms with Crippen LogP contribution in [-0.2, 0) is 4.74 Å². The van der Waals surface area contributed by atoms with Crippen LogP contribution in [-0.4, -0.2) is 12.2 Å². The summed E-state index contributed by atoms with van der Waals surface area (Å²) in [5.74, 6) is 0.466. The third-order valence-electron chi connectivity index (χ3n) is 2.12. The van der Waals surface area contributed by atoms with E-state index in [1.54, 1.807) is 6.07 Å². The molecule has 82 valence electrons. The molecule has 0 fully saturated rings. The van der Waals surface area contributed by atoms with Crippen molar-refractivity contribution in [1.29, 1.82) is 0 Å². The molecule has 3 nitrogen and oxygen atoms in total. The van der Waals surface area contributed by atoms with Gasteiger partial charge in [0.2, 0.25) is 0 Å². The van der Waals surface area contributed by atoms with Crippen LogP contribution in [0.2, 0.25) is 0 Å². The Hall–Kier alpha value is -1.74. The first kappa shape index (κ1) is 10.8. The fourth-order valence-corrected chi connectivity index (χ4v) is 1.54. The highest BCUT2D eigenvalue weighted by Gasteiger charge is 2.07. The lowest BCUT2D eigenvalue weighted by Crippen LogP contribution is -2.09. The van der Waals surface area contributed by atoms with Crippen molar-refractivity contribution < 1.29 is 14.3 Å². The molecule has 16 heavy (non-hydrogen) atoms. The molecular weight excluding hydrogens is 228 g/mol. The Bertz CT molecular complexity index is 505. The van der Waals surface area contributed by atoms with E-state index in [0.717, 1.165) is 10.8 Å². The smallest absolute Gasteiger partial charge is 0.418 e. The molecule has 2 rings (SSSR count). The van der Waals surface area contributed by atoms with Crippen molar-refractivity contribution in [3.63, 3.8) is 0 Å².